The first-order valence-corrected chi connectivity index (χ1v) is 7.56. The zero-order valence-corrected chi connectivity index (χ0v) is 14.0. The second kappa shape index (κ2) is 10.6. The highest BCUT2D eigenvalue weighted by Crippen LogP contribution is 2.00. The maximum Gasteiger partial charge on any atom is 0.325 e. The summed E-state index contributed by atoms with van der Waals surface area (Å²) >= 11 is 0. The normalized spacial score (nSPS) is 15.4. The van der Waals surface area contributed by atoms with Gasteiger partial charge in [-0.2, -0.15) is 0 Å². The van der Waals surface area contributed by atoms with E-state index in [9.17, 15) is 19.2 Å². The lowest BCUT2D eigenvalue weighted by Crippen LogP contribution is -2.52. The van der Waals surface area contributed by atoms with E-state index in [2.05, 4.69) is 20.1 Å². The van der Waals surface area contributed by atoms with Gasteiger partial charge in [0, 0.05) is 26.2 Å². The van der Waals surface area contributed by atoms with Gasteiger partial charge in [0.05, 0.1) is 27.3 Å². The number of amides is 2. The summed E-state index contributed by atoms with van der Waals surface area (Å²) in [5.74, 6) is -1.48. The van der Waals surface area contributed by atoms with Crippen LogP contribution in [0.15, 0.2) is 0 Å². The van der Waals surface area contributed by atoms with Crippen LogP contribution >= 0.6 is 0 Å². The Kier molecular flexibility index (Phi) is 8.72. The van der Waals surface area contributed by atoms with Gasteiger partial charge < -0.3 is 20.1 Å². The number of methoxy groups -OCH3 is 2. The highest BCUT2D eigenvalue weighted by atomic mass is 16.5. The van der Waals surface area contributed by atoms with E-state index in [1.54, 1.807) is 0 Å². The third-order valence-electron chi connectivity index (χ3n) is 3.51. The molecule has 10 nitrogen and oxygen atoms in total. The summed E-state index contributed by atoms with van der Waals surface area (Å²) in [6.45, 7) is 2.64. The van der Waals surface area contributed by atoms with E-state index in [0.717, 1.165) is 0 Å². The Morgan fingerprint density at radius 3 is 1.38 bits per heavy atom. The van der Waals surface area contributed by atoms with Crippen LogP contribution in [0.4, 0.5) is 0 Å². The minimum Gasteiger partial charge on any atom is -0.468 e. The second-order valence-electron chi connectivity index (χ2n) is 5.26. The minimum atomic E-state index is -0.494. The molecule has 0 bridgehead atoms. The summed E-state index contributed by atoms with van der Waals surface area (Å²) in [5.41, 5.74) is 0. The largest absolute Gasteiger partial charge is 0.468 e. The van der Waals surface area contributed by atoms with Crippen LogP contribution in [0.5, 0.6) is 0 Å². The van der Waals surface area contributed by atoms with Gasteiger partial charge in [0.25, 0.3) is 0 Å². The molecular weight excluding hydrogens is 320 g/mol. The van der Waals surface area contributed by atoms with Crippen molar-refractivity contribution in [2.75, 3.05) is 66.6 Å². The van der Waals surface area contributed by atoms with E-state index in [1.165, 1.54) is 14.2 Å². The van der Waals surface area contributed by atoms with E-state index in [-0.39, 0.29) is 38.0 Å². The first kappa shape index (κ1) is 19.8. The Balaban J connectivity index is 2.19. The predicted octanol–water partition coefficient (Wildman–Crippen LogP) is -2.82. The molecule has 2 N–H and O–H groups in total. The molecule has 24 heavy (non-hydrogen) atoms. The molecule has 0 atom stereocenters. The van der Waals surface area contributed by atoms with Crippen molar-refractivity contribution in [1.29, 1.82) is 0 Å². The molecule has 136 valence electrons. The Morgan fingerprint density at radius 1 is 0.750 bits per heavy atom. The summed E-state index contributed by atoms with van der Waals surface area (Å²) in [4.78, 5) is 49.1. The molecule has 0 aromatic rings. The van der Waals surface area contributed by atoms with E-state index in [0.29, 0.717) is 26.2 Å². The van der Waals surface area contributed by atoms with Gasteiger partial charge in [-0.15, -0.1) is 0 Å². The first-order chi connectivity index (χ1) is 11.4. The SMILES string of the molecule is COC(=O)CNC(=O)CN1CCN(CC(=O)NCC(=O)OC)CC1. The summed E-state index contributed by atoms with van der Waals surface area (Å²) in [5, 5.41) is 4.96. The van der Waals surface area contributed by atoms with Gasteiger partial charge >= 0.3 is 11.9 Å². The molecule has 1 fully saturated rings. The number of carbonyl (C=O) groups excluding carboxylic acids is 4. The maximum atomic E-state index is 11.7. The standard InChI is InChI=1S/C14H24N4O6/c1-23-13(21)7-15-11(19)9-17-3-5-18(6-4-17)10-12(20)16-8-14(22)24-2/h3-10H2,1-2H3,(H,15,19)(H,16,20). The zero-order valence-electron chi connectivity index (χ0n) is 14.0. The maximum absolute atomic E-state index is 11.7. The van der Waals surface area contributed by atoms with Crippen molar-refractivity contribution in [3.05, 3.63) is 0 Å². The molecule has 1 rings (SSSR count). The highest BCUT2D eigenvalue weighted by molar-refractivity contribution is 5.83. The van der Waals surface area contributed by atoms with Crippen LogP contribution in [0.25, 0.3) is 0 Å². The van der Waals surface area contributed by atoms with Crippen LogP contribution in [-0.2, 0) is 28.7 Å². The molecule has 1 heterocycles. The smallest absolute Gasteiger partial charge is 0.325 e. The van der Waals surface area contributed by atoms with Gasteiger partial charge in [0.1, 0.15) is 13.1 Å². The van der Waals surface area contributed by atoms with Crippen LogP contribution in [0.1, 0.15) is 0 Å². The first-order valence-electron chi connectivity index (χ1n) is 7.56. The van der Waals surface area contributed by atoms with Crippen molar-refractivity contribution < 1.29 is 28.7 Å². The molecule has 0 saturated carbocycles. The highest BCUT2D eigenvalue weighted by Gasteiger charge is 2.21. The van der Waals surface area contributed by atoms with Crippen LogP contribution in [0, 0.1) is 0 Å². The average Bonchev–Trinajstić information content (AvgIpc) is 2.59. The van der Waals surface area contributed by atoms with Crippen molar-refractivity contribution in [1.82, 2.24) is 20.4 Å². The molecular formula is C14H24N4O6. The Hall–Kier alpha value is -2.20. The van der Waals surface area contributed by atoms with Crippen molar-refractivity contribution in [2.24, 2.45) is 0 Å². The third-order valence-corrected chi connectivity index (χ3v) is 3.51. The summed E-state index contributed by atoms with van der Waals surface area (Å²) in [6.07, 6.45) is 0. The number of nitrogens with one attached hydrogen (secondary N) is 2. The molecule has 10 heteroatoms. The summed E-state index contributed by atoms with van der Waals surface area (Å²) in [7, 11) is 2.52. The molecule has 1 aliphatic rings. The lowest BCUT2D eigenvalue weighted by molar-refractivity contribution is -0.141. The molecule has 2 amide bonds. The van der Waals surface area contributed by atoms with Gasteiger partial charge in [-0.05, 0) is 0 Å². The van der Waals surface area contributed by atoms with E-state index >= 15 is 0 Å². The molecule has 0 aliphatic carbocycles. The average molecular weight is 344 g/mol. The number of ether oxygens (including phenoxy) is 2. The lowest BCUT2D eigenvalue weighted by atomic mass is 10.3. The van der Waals surface area contributed by atoms with Crippen molar-refractivity contribution in [3.8, 4) is 0 Å². The number of hydrogen-bond donors (Lipinski definition) is 2. The molecule has 0 radical (unpaired) electrons. The number of hydrogen-bond acceptors (Lipinski definition) is 8. The molecule has 0 spiro atoms. The predicted molar refractivity (Wildman–Crippen MR) is 82.9 cm³/mol. The lowest BCUT2D eigenvalue weighted by Gasteiger charge is -2.33. The number of nitrogens with zero attached hydrogens (tertiary/aromatic N) is 2. The zero-order chi connectivity index (χ0) is 17.9. The van der Waals surface area contributed by atoms with Crippen molar-refractivity contribution in [3.63, 3.8) is 0 Å². The van der Waals surface area contributed by atoms with Gasteiger partial charge in [-0.1, -0.05) is 0 Å². The number of carbonyl (C=O) groups is 4. The fourth-order valence-corrected chi connectivity index (χ4v) is 2.11. The van der Waals surface area contributed by atoms with Crippen molar-refractivity contribution in [2.45, 2.75) is 0 Å². The van der Waals surface area contributed by atoms with Gasteiger partial charge in [-0.25, -0.2) is 0 Å². The minimum absolute atomic E-state index is 0.143. The Morgan fingerprint density at radius 2 is 1.08 bits per heavy atom. The number of esters is 2. The van der Waals surface area contributed by atoms with Gasteiger partial charge in [0.2, 0.25) is 11.8 Å². The van der Waals surface area contributed by atoms with Gasteiger partial charge in [0.15, 0.2) is 0 Å². The van der Waals surface area contributed by atoms with E-state index in [4.69, 9.17) is 0 Å². The van der Waals surface area contributed by atoms with Crippen molar-refractivity contribution >= 4 is 23.8 Å². The monoisotopic (exact) mass is 344 g/mol. The molecule has 0 unspecified atom stereocenters. The quantitative estimate of drug-likeness (QED) is 0.453. The Bertz CT molecular complexity index is 420. The van der Waals surface area contributed by atoms with Crippen LogP contribution in [-0.4, -0.2) is 100 Å². The number of rotatable bonds is 8. The fourth-order valence-electron chi connectivity index (χ4n) is 2.11. The summed E-state index contributed by atoms with van der Waals surface area (Å²) < 4.78 is 8.89. The molecule has 0 aromatic carbocycles. The van der Waals surface area contributed by atoms with Crippen LogP contribution < -0.4 is 10.6 Å². The second-order valence-corrected chi connectivity index (χ2v) is 5.26. The number of piperazine rings is 1. The van der Waals surface area contributed by atoms with Gasteiger partial charge in [-0.3, -0.25) is 29.0 Å². The van der Waals surface area contributed by atoms with E-state index in [1.807, 2.05) is 9.80 Å². The van der Waals surface area contributed by atoms with E-state index < -0.39 is 11.9 Å². The fraction of sp³-hybridized carbons (Fsp3) is 0.714. The Labute approximate surface area is 140 Å². The molecule has 1 aliphatic heterocycles. The topological polar surface area (TPSA) is 117 Å². The van der Waals surface area contributed by atoms with Crippen LogP contribution in [0.3, 0.4) is 0 Å². The molecule has 1 saturated heterocycles. The van der Waals surface area contributed by atoms with Crippen LogP contribution in [0.2, 0.25) is 0 Å². The molecule has 0 aromatic heterocycles. The third kappa shape index (κ3) is 7.88. The summed E-state index contributed by atoms with van der Waals surface area (Å²) in [6, 6.07) is 0.